The molecule has 2 aromatic carbocycles. The number of hydrogen-bond acceptors (Lipinski definition) is 4. The Morgan fingerprint density at radius 2 is 2.00 bits per heavy atom. The smallest absolute Gasteiger partial charge is 0.166 e. The first kappa shape index (κ1) is 17.5. The lowest BCUT2D eigenvalue weighted by Gasteiger charge is -2.16. The minimum absolute atomic E-state index is 0.00111. The maximum atomic E-state index is 13.8. The summed E-state index contributed by atoms with van der Waals surface area (Å²) in [7, 11) is 1.54. The van der Waals surface area contributed by atoms with Crippen molar-refractivity contribution in [1.82, 2.24) is 5.32 Å². The first-order valence-electron chi connectivity index (χ1n) is 7.20. The Balaban J connectivity index is 2.20. The lowest BCUT2D eigenvalue weighted by Crippen LogP contribution is -2.18. The van der Waals surface area contributed by atoms with Crippen LogP contribution in [0.15, 0.2) is 36.4 Å². The highest BCUT2D eigenvalue weighted by Crippen LogP contribution is 2.32. The van der Waals surface area contributed by atoms with Gasteiger partial charge in [-0.2, -0.15) is 0 Å². The molecule has 4 nitrogen and oxygen atoms in total. The number of methoxy groups -OCH3 is 1. The number of nitrogens with one attached hydrogen (secondary N) is 1. The monoisotopic (exact) mass is 339 g/mol. The van der Waals surface area contributed by atoms with Crippen molar-refractivity contribution in [3.8, 4) is 11.5 Å². The molecule has 0 aliphatic rings. The molecule has 0 bridgehead atoms. The molecule has 0 saturated heterocycles. The van der Waals surface area contributed by atoms with Crippen molar-refractivity contribution in [2.45, 2.75) is 13.2 Å². The molecule has 2 aromatic rings. The van der Waals surface area contributed by atoms with Crippen molar-refractivity contribution in [2.24, 2.45) is 0 Å². The number of ether oxygens (including phenoxy) is 2. The summed E-state index contributed by atoms with van der Waals surface area (Å²) >= 11 is 6.02. The third kappa shape index (κ3) is 4.58. The summed E-state index contributed by atoms with van der Waals surface area (Å²) in [5.74, 6) is 0.674. The van der Waals surface area contributed by atoms with Gasteiger partial charge in [-0.15, -0.1) is 0 Å². The number of halogens is 2. The maximum Gasteiger partial charge on any atom is 0.166 e. The second kappa shape index (κ2) is 8.72. The molecule has 0 aliphatic heterocycles. The molecule has 0 spiro atoms. The Morgan fingerprint density at radius 3 is 2.70 bits per heavy atom. The predicted octanol–water partition coefficient (Wildman–Crippen LogP) is 3.15. The van der Waals surface area contributed by atoms with Crippen molar-refractivity contribution >= 4 is 11.6 Å². The topological polar surface area (TPSA) is 50.7 Å². The van der Waals surface area contributed by atoms with Crippen LogP contribution in [0.3, 0.4) is 0 Å². The zero-order chi connectivity index (χ0) is 16.7. The van der Waals surface area contributed by atoms with Crippen molar-refractivity contribution in [1.29, 1.82) is 0 Å². The first-order valence-corrected chi connectivity index (χ1v) is 7.58. The van der Waals surface area contributed by atoms with Gasteiger partial charge in [-0.1, -0.05) is 29.8 Å². The first-order chi connectivity index (χ1) is 11.2. The van der Waals surface area contributed by atoms with Crippen LogP contribution in [0.1, 0.15) is 11.1 Å². The van der Waals surface area contributed by atoms with Crippen LogP contribution in [-0.4, -0.2) is 25.4 Å². The van der Waals surface area contributed by atoms with Crippen LogP contribution in [0, 0.1) is 5.82 Å². The van der Waals surface area contributed by atoms with E-state index >= 15 is 0 Å². The fourth-order valence-electron chi connectivity index (χ4n) is 2.14. The third-order valence-electron chi connectivity index (χ3n) is 3.31. The molecule has 2 rings (SSSR count). The quantitative estimate of drug-likeness (QED) is 0.725. The van der Waals surface area contributed by atoms with Crippen molar-refractivity contribution in [2.75, 3.05) is 20.3 Å². The summed E-state index contributed by atoms with van der Waals surface area (Å²) in [6, 6.07) is 10.0. The number of aliphatic hydroxyl groups is 1. The molecule has 0 radical (unpaired) electrons. The van der Waals surface area contributed by atoms with Crippen molar-refractivity contribution in [3.05, 3.63) is 58.4 Å². The van der Waals surface area contributed by atoms with Crippen LogP contribution in [0.2, 0.25) is 5.02 Å². The van der Waals surface area contributed by atoms with E-state index in [4.69, 9.17) is 26.2 Å². The van der Waals surface area contributed by atoms with Gasteiger partial charge in [-0.25, -0.2) is 4.39 Å². The fourth-order valence-corrected chi connectivity index (χ4v) is 2.36. The maximum absolute atomic E-state index is 13.8. The molecule has 0 fully saturated rings. The largest absolute Gasteiger partial charge is 0.493 e. The van der Waals surface area contributed by atoms with Gasteiger partial charge in [-0.3, -0.25) is 0 Å². The molecule has 6 heteroatoms. The molecular formula is C17H19ClFNO3. The van der Waals surface area contributed by atoms with E-state index in [0.717, 1.165) is 5.56 Å². The Morgan fingerprint density at radius 1 is 1.22 bits per heavy atom. The van der Waals surface area contributed by atoms with Crippen molar-refractivity contribution < 1.29 is 19.0 Å². The SMILES string of the molecule is COc1cccc(CNCCO)c1OCc1c(F)cccc1Cl. The Labute approximate surface area is 139 Å². The highest BCUT2D eigenvalue weighted by atomic mass is 35.5. The minimum atomic E-state index is -0.410. The summed E-state index contributed by atoms with van der Waals surface area (Å²) in [6.45, 7) is 1.01. The van der Waals surface area contributed by atoms with Crippen LogP contribution in [0.5, 0.6) is 11.5 Å². The van der Waals surface area contributed by atoms with Gasteiger partial charge < -0.3 is 19.9 Å². The van der Waals surface area contributed by atoms with E-state index in [1.165, 1.54) is 6.07 Å². The van der Waals surface area contributed by atoms with Gasteiger partial charge in [0.2, 0.25) is 0 Å². The number of rotatable bonds is 8. The van der Waals surface area contributed by atoms with Crippen molar-refractivity contribution in [3.63, 3.8) is 0 Å². The number of benzene rings is 2. The normalized spacial score (nSPS) is 10.6. The number of aliphatic hydroxyl groups excluding tert-OH is 1. The number of para-hydroxylation sites is 1. The predicted molar refractivity (Wildman–Crippen MR) is 87.5 cm³/mol. The van der Waals surface area contributed by atoms with E-state index in [-0.39, 0.29) is 13.2 Å². The van der Waals surface area contributed by atoms with E-state index in [0.29, 0.717) is 35.2 Å². The Hall–Kier alpha value is -1.82. The zero-order valence-corrected chi connectivity index (χ0v) is 13.6. The minimum Gasteiger partial charge on any atom is -0.493 e. The molecule has 0 aliphatic carbocycles. The molecule has 124 valence electrons. The van der Waals surface area contributed by atoms with Crippen LogP contribution in [0.25, 0.3) is 0 Å². The summed E-state index contributed by atoms with van der Waals surface area (Å²) in [6.07, 6.45) is 0. The van der Waals surface area contributed by atoms with E-state index in [9.17, 15) is 4.39 Å². The van der Waals surface area contributed by atoms with E-state index < -0.39 is 5.82 Å². The molecule has 0 atom stereocenters. The van der Waals surface area contributed by atoms with Gasteiger partial charge in [0.05, 0.1) is 18.7 Å². The van der Waals surface area contributed by atoms with Crippen LogP contribution >= 0.6 is 11.6 Å². The Kier molecular flexibility index (Phi) is 6.65. The van der Waals surface area contributed by atoms with Gasteiger partial charge in [0.1, 0.15) is 12.4 Å². The molecule has 0 amide bonds. The van der Waals surface area contributed by atoms with E-state index in [1.54, 1.807) is 25.3 Å². The van der Waals surface area contributed by atoms with Gasteiger partial charge in [0.15, 0.2) is 11.5 Å². The van der Waals surface area contributed by atoms with Gasteiger partial charge in [0, 0.05) is 24.2 Å². The molecule has 2 N–H and O–H groups in total. The zero-order valence-electron chi connectivity index (χ0n) is 12.8. The molecule has 0 unspecified atom stereocenters. The van der Waals surface area contributed by atoms with Crippen LogP contribution in [-0.2, 0) is 13.2 Å². The molecule has 0 heterocycles. The van der Waals surface area contributed by atoms with Crippen LogP contribution < -0.4 is 14.8 Å². The standard InChI is InChI=1S/C17H19ClFNO3/c1-22-16-7-2-4-12(10-20-8-9-21)17(16)23-11-13-14(18)5-3-6-15(13)19/h2-7,20-21H,8-11H2,1H3. The van der Waals surface area contributed by atoms with Gasteiger partial charge in [0.25, 0.3) is 0 Å². The molecule has 23 heavy (non-hydrogen) atoms. The molecule has 0 saturated carbocycles. The molecular weight excluding hydrogens is 321 g/mol. The highest BCUT2D eigenvalue weighted by Gasteiger charge is 2.13. The third-order valence-corrected chi connectivity index (χ3v) is 3.66. The second-order valence-corrected chi connectivity index (χ2v) is 5.24. The number of hydrogen-bond donors (Lipinski definition) is 2. The van der Waals surface area contributed by atoms with Crippen LogP contribution in [0.4, 0.5) is 4.39 Å². The average molecular weight is 340 g/mol. The van der Waals surface area contributed by atoms with Gasteiger partial charge in [-0.05, 0) is 18.2 Å². The molecule has 0 aromatic heterocycles. The summed E-state index contributed by atoms with van der Waals surface area (Å²) < 4.78 is 24.9. The fraction of sp³-hybridized carbons (Fsp3) is 0.294. The summed E-state index contributed by atoms with van der Waals surface area (Å²) in [5.41, 5.74) is 1.15. The highest BCUT2D eigenvalue weighted by molar-refractivity contribution is 6.31. The van der Waals surface area contributed by atoms with Gasteiger partial charge >= 0.3 is 0 Å². The lowest BCUT2D eigenvalue weighted by atomic mass is 10.1. The second-order valence-electron chi connectivity index (χ2n) is 4.84. The summed E-state index contributed by atoms with van der Waals surface area (Å²) in [4.78, 5) is 0. The van der Waals surface area contributed by atoms with E-state index in [2.05, 4.69) is 5.32 Å². The average Bonchev–Trinajstić information content (AvgIpc) is 2.55. The lowest BCUT2D eigenvalue weighted by molar-refractivity contribution is 0.273. The van der Waals surface area contributed by atoms with E-state index in [1.807, 2.05) is 12.1 Å². The Bertz CT molecular complexity index is 631. The summed E-state index contributed by atoms with van der Waals surface area (Å²) in [5, 5.41) is 12.3.